The van der Waals surface area contributed by atoms with E-state index in [0.29, 0.717) is 5.57 Å². The van der Waals surface area contributed by atoms with Gasteiger partial charge < -0.3 is 0 Å². The summed E-state index contributed by atoms with van der Waals surface area (Å²) in [6.45, 7) is 3.73. The van der Waals surface area contributed by atoms with Crippen LogP contribution in [0.4, 0.5) is 0 Å². The molecule has 0 bridgehead atoms. The Morgan fingerprint density at radius 3 is 2.42 bits per heavy atom. The van der Waals surface area contributed by atoms with Crippen molar-refractivity contribution < 1.29 is 4.79 Å². The Morgan fingerprint density at radius 2 is 1.92 bits per heavy atom. The lowest BCUT2D eigenvalue weighted by atomic mass is 10.1. The monoisotopic (exact) mass is 178 g/mol. The van der Waals surface area contributed by atoms with Crippen LogP contribution in [0.25, 0.3) is 5.57 Å². The molecule has 0 aliphatic heterocycles. The summed E-state index contributed by atoms with van der Waals surface area (Å²) in [5, 5.41) is 0.0289. The molecule has 1 nitrogen and oxygen atoms in total. The van der Waals surface area contributed by atoms with E-state index in [1.165, 1.54) is 11.8 Å². The highest BCUT2D eigenvalue weighted by Gasteiger charge is 2.05. The molecule has 0 aromatic heterocycles. The first-order valence-electron chi connectivity index (χ1n) is 3.58. The quantitative estimate of drug-likeness (QED) is 0.647. The number of rotatable bonds is 2. The molecule has 1 rings (SSSR count). The summed E-state index contributed by atoms with van der Waals surface area (Å²) in [6, 6.07) is 9.48. The van der Waals surface area contributed by atoms with Gasteiger partial charge in [-0.25, -0.2) is 0 Å². The second-order valence-corrected chi connectivity index (χ2v) is 3.12. The standard InChI is InChI=1S/C10H10OS/c1-8(10(11)12-2)9-6-4-3-5-7-9/h3-7H,1H2,2H3. The smallest absolute Gasteiger partial charge is 0.219 e. The lowest BCUT2D eigenvalue weighted by Crippen LogP contribution is -1.93. The van der Waals surface area contributed by atoms with E-state index in [1.807, 2.05) is 30.3 Å². The van der Waals surface area contributed by atoms with Crippen molar-refractivity contribution in [3.05, 3.63) is 42.5 Å². The molecule has 0 N–H and O–H groups in total. The van der Waals surface area contributed by atoms with E-state index < -0.39 is 0 Å². The summed E-state index contributed by atoms with van der Waals surface area (Å²) in [6.07, 6.45) is 1.76. The Balaban J connectivity index is 2.86. The molecule has 0 saturated heterocycles. The summed E-state index contributed by atoms with van der Waals surface area (Å²) in [4.78, 5) is 11.2. The van der Waals surface area contributed by atoms with Crippen molar-refractivity contribution in [2.24, 2.45) is 0 Å². The van der Waals surface area contributed by atoms with E-state index in [2.05, 4.69) is 6.58 Å². The summed E-state index contributed by atoms with van der Waals surface area (Å²) < 4.78 is 0. The Morgan fingerprint density at radius 1 is 1.33 bits per heavy atom. The third-order valence-electron chi connectivity index (χ3n) is 1.55. The Bertz CT molecular complexity index is 290. The summed E-state index contributed by atoms with van der Waals surface area (Å²) in [7, 11) is 0. The van der Waals surface area contributed by atoms with Gasteiger partial charge in [0, 0.05) is 5.57 Å². The maximum absolute atomic E-state index is 11.2. The number of benzene rings is 1. The SMILES string of the molecule is C=C(C(=O)SC)c1ccccc1. The number of hydrogen-bond donors (Lipinski definition) is 0. The lowest BCUT2D eigenvalue weighted by molar-refractivity contribution is -0.106. The van der Waals surface area contributed by atoms with Crippen LogP contribution in [0.2, 0.25) is 0 Å². The van der Waals surface area contributed by atoms with E-state index >= 15 is 0 Å². The molecule has 0 unspecified atom stereocenters. The molecule has 0 spiro atoms. The van der Waals surface area contributed by atoms with E-state index in [9.17, 15) is 4.79 Å². The highest BCUT2D eigenvalue weighted by atomic mass is 32.2. The third kappa shape index (κ3) is 1.98. The molecule has 0 radical (unpaired) electrons. The zero-order valence-corrected chi connectivity index (χ0v) is 7.73. The number of carbonyl (C=O) groups excluding carboxylic acids is 1. The van der Waals surface area contributed by atoms with Gasteiger partial charge in [-0.15, -0.1) is 0 Å². The summed E-state index contributed by atoms with van der Waals surface area (Å²) in [5.74, 6) is 0. The highest BCUT2D eigenvalue weighted by molar-refractivity contribution is 8.14. The van der Waals surface area contributed by atoms with Gasteiger partial charge in [0.25, 0.3) is 0 Å². The van der Waals surface area contributed by atoms with E-state index in [4.69, 9.17) is 0 Å². The summed E-state index contributed by atoms with van der Waals surface area (Å²) >= 11 is 1.19. The maximum atomic E-state index is 11.2. The van der Waals surface area contributed by atoms with Crippen LogP contribution < -0.4 is 0 Å². The van der Waals surface area contributed by atoms with E-state index in [-0.39, 0.29) is 5.12 Å². The van der Waals surface area contributed by atoms with Crippen LogP contribution >= 0.6 is 11.8 Å². The van der Waals surface area contributed by atoms with Gasteiger partial charge >= 0.3 is 0 Å². The zero-order valence-electron chi connectivity index (χ0n) is 6.91. The predicted octanol–water partition coefficient (Wildman–Crippen LogP) is 2.59. The molecule has 1 aromatic carbocycles. The lowest BCUT2D eigenvalue weighted by Gasteiger charge is -2.00. The first-order chi connectivity index (χ1) is 5.75. The molecule has 2 heteroatoms. The number of thioether (sulfide) groups is 1. The van der Waals surface area contributed by atoms with Crippen molar-refractivity contribution in [1.82, 2.24) is 0 Å². The number of carbonyl (C=O) groups is 1. The molecule has 0 atom stereocenters. The average molecular weight is 178 g/mol. The molecule has 1 aromatic rings. The Hall–Kier alpha value is -1.02. The van der Waals surface area contributed by atoms with Crippen LogP contribution in [0.15, 0.2) is 36.9 Å². The van der Waals surface area contributed by atoms with Crippen LogP contribution in [-0.2, 0) is 4.79 Å². The molecule has 0 fully saturated rings. The molecule has 0 saturated carbocycles. The van der Waals surface area contributed by atoms with E-state index in [1.54, 1.807) is 6.26 Å². The van der Waals surface area contributed by atoms with Gasteiger partial charge in [0.15, 0.2) is 0 Å². The maximum Gasteiger partial charge on any atom is 0.219 e. The molecular formula is C10H10OS. The van der Waals surface area contributed by atoms with Crippen molar-refractivity contribution in [2.45, 2.75) is 0 Å². The van der Waals surface area contributed by atoms with Crippen LogP contribution in [0.1, 0.15) is 5.56 Å². The minimum absolute atomic E-state index is 0.0289. The molecular weight excluding hydrogens is 168 g/mol. The average Bonchev–Trinajstić information content (AvgIpc) is 2.17. The second-order valence-electron chi connectivity index (χ2n) is 2.34. The molecule has 62 valence electrons. The van der Waals surface area contributed by atoms with Crippen LogP contribution in [0.5, 0.6) is 0 Å². The van der Waals surface area contributed by atoms with Gasteiger partial charge in [0.2, 0.25) is 5.12 Å². The van der Waals surface area contributed by atoms with Crippen LogP contribution in [-0.4, -0.2) is 11.4 Å². The van der Waals surface area contributed by atoms with Crippen LogP contribution in [0.3, 0.4) is 0 Å². The predicted molar refractivity (Wildman–Crippen MR) is 54.0 cm³/mol. The van der Waals surface area contributed by atoms with Crippen molar-refractivity contribution in [3.8, 4) is 0 Å². The molecule has 12 heavy (non-hydrogen) atoms. The minimum Gasteiger partial charge on any atom is -0.282 e. The van der Waals surface area contributed by atoms with Gasteiger partial charge in [-0.05, 0) is 11.8 Å². The minimum atomic E-state index is 0.0289. The fraction of sp³-hybridized carbons (Fsp3) is 0.100. The zero-order chi connectivity index (χ0) is 8.97. The van der Waals surface area contributed by atoms with Crippen molar-refractivity contribution in [2.75, 3.05) is 6.26 Å². The molecule has 0 heterocycles. The Labute approximate surface area is 76.5 Å². The van der Waals surface area contributed by atoms with Crippen molar-refractivity contribution in [1.29, 1.82) is 0 Å². The van der Waals surface area contributed by atoms with E-state index in [0.717, 1.165) is 5.56 Å². The molecule has 0 amide bonds. The third-order valence-corrected chi connectivity index (χ3v) is 2.17. The largest absolute Gasteiger partial charge is 0.282 e. The van der Waals surface area contributed by atoms with Crippen molar-refractivity contribution >= 4 is 22.5 Å². The Kier molecular flexibility index (Phi) is 3.11. The van der Waals surface area contributed by atoms with Gasteiger partial charge in [-0.1, -0.05) is 48.7 Å². The topological polar surface area (TPSA) is 17.1 Å². The fourth-order valence-electron chi connectivity index (χ4n) is 0.880. The van der Waals surface area contributed by atoms with Crippen LogP contribution in [0, 0.1) is 0 Å². The highest BCUT2D eigenvalue weighted by Crippen LogP contribution is 2.17. The fourth-order valence-corrected chi connectivity index (χ4v) is 1.24. The number of hydrogen-bond acceptors (Lipinski definition) is 2. The van der Waals surface area contributed by atoms with Gasteiger partial charge in [-0.2, -0.15) is 0 Å². The van der Waals surface area contributed by atoms with Gasteiger partial charge in [0.1, 0.15) is 0 Å². The normalized spacial score (nSPS) is 9.42. The second kappa shape index (κ2) is 4.12. The first-order valence-corrected chi connectivity index (χ1v) is 4.81. The van der Waals surface area contributed by atoms with Crippen molar-refractivity contribution in [3.63, 3.8) is 0 Å². The molecule has 0 aliphatic carbocycles. The van der Waals surface area contributed by atoms with Gasteiger partial charge in [-0.3, -0.25) is 4.79 Å². The summed E-state index contributed by atoms with van der Waals surface area (Å²) in [5.41, 5.74) is 1.47. The molecule has 0 aliphatic rings. The van der Waals surface area contributed by atoms with Gasteiger partial charge in [0.05, 0.1) is 0 Å². The first kappa shape index (κ1) is 9.07.